The second-order valence-electron chi connectivity index (χ2n) is 4.95. The molecule has 0 aromatic heterocycles. The van der Waals surface area contributed by atoms with Crippen LogP contribution in [-0.2, 0) is 10.0 Å². The third-order valence-electron chi connectivity index (χ3n) is 3.29. The number of sulfonamides is 1. The molecule has 2 aromatic carbocycles. The van der Waals surface area contributed by atoms with Gasteiger partial charge in [-0.3, -0.25) is 0 Å². The van der Waals surface area contributed by atoms with Gasteiger partial charge in [0.2, 0.25) is 10.0 Å². The van der Waals surface area contributed by atoms with Crippen molar-refractivity contribution < 1.29 is 8.42 Å². The highest BCUT2D eigenvalue weighted by atomic mass is 35.5. The molecular formula is C16H18ClNO2S. The Morgan fingerprint density at radius 3 is 2.38 bits per heavy atom. The number of rotatable bonds is 5. The lowest BCUT2D eigenvalue weighted by atomic mass is 10.0. The topological polar surface area (TPSA) is 46.2 Å². The van der Waals surface area contributed by atoms with Gasteiger partial charge >= 0.3 is 0 Å². The van der Waals surface area contributed by atoms with Gasteiger partial charge in [-0.05, 0) is 37.1 Å². The van der Waals surface area contributed by atoms with Crippen molar-refractivity contribution in [2.45, 2.75) is 31.2 Å². The van der Waals surface area contributed by atoms with Crippen molar-refractivity contribution in [3.63, 3.8) is 0 Å². The fourth-order valence-electron chi connectivity index (χ4n) is 2.08. The number of benzene rings is 2. The van der Waals surface area contributed by atoms with Crippen LogP contribution in [0.5, 0.6) is 0 Å². The molecule has 0 aliphatic carbocycles. The molecule has 2 aromatic rings. The van der Waals surface area contributed by atoms with Crippen LogP contribution in [0.1, 0.15) is 30.5 Å². The maximum atomic E-state index is 12.4. The van der Waals surface area contributed by atoms with Gasteiger partial charge in [0, 0.05) is 11.1 Å². The zero-order valence-electron chi connectivity index (χ0n) is 12.0. The van der Waals surface area contributed by atoms with Gasteiger partial charge in [-0.25, -0.2) is 13.1 Å². The van der Waals surface area contributed by atoms with E-state index in [1.54, 1.807) is 12.1 Å². The summed E-state index contributed by atoms with van der Waals surface area (Å²) in [6.07, 6.45) is 0.670. The molecule has 5 heteroatoms. The molecule has 0 spiro atoms. The van der Waals surface area contributed by atoms with E-state index in [-0.39, 0.29) is 10.9 Å². The molecule has 0 heterocycles. The molecule has 2 rings (SSSR count). The molecule has 112 valence electrons. The molecule has 0 saturated carbocycles. The quantitative estimate of drug-likeness (QED) is 0.901. The van der Waals surface area contributed by atoms with Gasteiger partial charge in [0.05, 0.1) is 4.90 Å². The van der Waals surface area contributed by atoms with Crippen LogP contribution < -0.4 is 4.72 Å². The van der Waals surface area contributed by atoms with Crippen molar-refractivity contribution in [1.29, 1.82) is 0 Å². The minimum Gasteiger partial charge on any atom is -0.207 e. The molecule has 21 heavy (non-hydrogen) atoms. The first-order valence-corrected chi connectivity index (χ1v) is 8.63. The highest BCUT2D eigenvalue weighted by Crippen LogP contribution is 2.22. The molecule has 0 bridgehead atoms. The second kappa shape index (κ2) is 6.60. The number of hydrogen-bond acceptors (Lipinski definition) is 2. The lowest BCUT2D eigenvalue weighted by molar-refractivity contribution is 0.550. The molecule has 0 aliphatic rings. The molecule has 0 radical (unpaired) electrons. The highest BCUT2D eigenvalue weighted by molar-refractivity contribution is 7.89. The van der Waals surface area contributed by atoms with Crippen LogP contribution in [0.15, 0.2) is 53.4 Å². The van der Waals surface area contributed by atoms with Gasteiger partial charge in [-0.15, -0.1) is 0 Å². The zero-order valence-corrected chi connectivity index (χ0v) is 13.6. The lowest BCUT2D eigenvalue weighted by Gasteiger charge is -2.18. The van der Waals surface area contributed by atoms with Crippen molar-refractivity contribution in [1.82, 2.24) is 4.72 Å². The van der Waals surface area contributed by atoms with Crippen molar-refractivity contribution in [2.24, 2.45) is 0 Å². The van der Waals surface area contributed by atoms with Crippen LogP contribution in [-0.4, -0.2) is 8.42 Å². The van der Waals surface area contributed by atoms with E-state index in [9.17, 15) is 8.42 Å². The van der Waals surface area contributed by atoms with Crippen LogP contribution in [0.2, 0.25) is 5.02 Å². The lowest BCUT2D eigenvalue weighted by Crippen LogP contribution is -2.28. The SMILES string of the molecule is CCC(NS(=O)(=O)c1cccc(Cl)c1)c1ccc(C)cc1. The summed E-state index contributed by atoms with van der Waals surface area (Å²) in [5.41, 5.74) is 2.10. The second-order valence-corrected chi connectivity index (χ2v) is 7.10. The Morgan fingerprint density at radius 1 is 1.14 bits per heavy atom. The summed E-state index contributed by atoms with van der Waals surface area (Å²) in [5.74, 6) is 0. The number of aryl methyl sites for hydroxylation is 1. The Bertz CT molecular complexity index is 711. The molecule has 0 aliphatic heterocycles. The summed E-state index contributed by atoms with van der Waals surface area (Å²) in [7, 11) is -3.59. The standard InChI is InChI=1S/C16H18ClNO2S/c1-3-16(13-9-7-12(2)8-10-13)18-21(19,20)15-6-4-5-14(17)11-15/h4-11,16,18H,3H2,1-2H3. The van der Waals surface area contributed by atoms with Crippen LogP contribution >= 0.6 is 11.6 Å². The number of hydrogen-bond donors (Lipinski definition) is 1. The van der Waals surface area contributed by atoms with E-state index in [1.807, 2.05) is 38.1 Å². The number of nitrogens with one attached hydrogen (secondary N) is 1. The molecule has 0 amide bonds. The van der Waals surface area contributed by atoms with Crippen molar-refractivity contribution in [2.75, 3.05) is 0 Å². The molecule has 1 unspecified atom stereocenters. The van der Waals surface area contributed by atoms with Crippen LogP contribution in [0.4, 0.5) is 0 Å². The van der Waals surface area contributed by atoms with E-state index in [0.717, 1.165) is 11.1 Å². The van der Waals surface area contributed by atoms with Gasteiger partial charge in [0.15, 0.2) is 0 Å². The summed E-state index contributed by atoms with van der Waals surface area (Å²) in [5, 5.41) is 0.404. The highest BCUT2D eigenvalue weighted by Gasteiger charge is 2.20. The molecular weight excluding hydrogens is 306 g/mol. The third kappa shape index (κ3) is 4.06. The summed E-state index contributed by atoms with van der Waals surface area (Å²) >= 11 is 5.86. The monoisotopic (exact) mass is 323 g/mol. The first-order valence-electron chi connectivity index (χ1n) is 6.77. The molecule has 1 N–H and O–H groups in total. The average Bonchev–Trinajstić information content (AvgIpc) is 2.46. The normalized spacial score (nSPS) is 13.1. The number of halogens is 1. The minimum atomic E-state index is -3.59. The van der Waals surface area contributed by atoms with Gasteiger partial charge < -0.3 is 0 Å². The first-order chi connectivity index (χ1) is 9.92. The molecule has 1 atom stereocenters. The smallest absolute Gasteiger partial charge is 0.207 e. The van der Waals surface area contributed by atoms with Crippen LogP contribution in [0.25, 0.3) is 0 Å². The van der Waals surface area contributed by atoms with E-state index in [2.05, 4.69) is 4.72 Å². The fourth-order valence-corrected chi connectivity index (χ4v) is 3.68. The molecule has 0 fully saturated rings. The van der Waals surface area contributed by atoms with E-state index in [1.165, 1.54) is 12.1 Å². The fraction of sp³-hybridized carbons (Fsp3) is 0.250. The van der Waals surface area contributed by atoms with E-state index in [4.69, 9.17) is 11.6 Å². The van der Waals surface area contributed by atoms with Crippen molar-refractivity contribution in [3.05, 3.63) is 64.7 Å². The third-order valence-corrected chi connectivity index (χ3v) is 5.00. The van der Waals surface area contributed by atoms with Gasteiger partial charge in [-0.2, -0.15) is 0 Å². The summed E-state index contributed by atoms with van der Waals surface area (Å²) in [6, 6.07) is 13.9. The van der Waals surface area contributed by atoms with E-state index >= 15 is 0 Å². The Hall–Kier alpha value is -1.36. The predicted molar refractivity (Wildman–Crippen MR) is 86.0 cm³/mol. The summed E-state index contributed by atoms with van der Waals surface area (Å²) < 4.78 is 27.6. The Morgan fingerprint density at radius 2 is 1.81 bits per heavy atom. The van der Waals surface area contributed by atoms with E-state index in [0.29, 0.717) is 11.4 Å². The molecule has 3 nitrogen and oxygen atoms in total. The zero-order chi connectivity index (χ0) is 15.5. The minimum absolute atomic E-state index is 0.181. The van der Waals surface area contributed by atoms with Gasteiger partial charge in [-0.1, -0.05) is 54.4 Å². The van der Waals surface area contributed by atoms with Gasteiger partial charge in [0.1, 0.15) is 0 Å². The first kappa shape index (κ1) is 16.0. The average molecular weight is 324 g/mol. The van der Waals surface area contributed by atoms with E-state index < -0.39 is 10.0 Å². The van der Waals surface area contributed by atoms with Crippen LogP contribution in [0, 0.1) is 6.92 Å². The Labute approximate surface area is 131 Å². The molecule has 0 saturated heterocycles. The summed E-state index contributed by atoms with van der Waals surface area (Å²) in [6.45, 7) is 3.95. The Balaban J connectivity index is 2.27. The summed E-state index contributed by atoms with van der Waals surface area (Å²) in [4.78, 5) is 0.181. The maximum Gasteiger partial charge on any atom is 0.241 e. The van der Waals surface area contributed by atoms with Crippen molar-refractivity contribution >= 4 is 21.6 Å². The predicted octanol–water partition coefficient (Wildman–Crippen LogP) is 4.08. The largest absolute Gasteiger partial charge is 0.241 e. The van der Waals surface area contributed by atoms with Crippen molar-refractivity contribution in [3.8, 4) is 0 Å². The van der Waals surface area contributed by atoms with Gasteiger partial charge in [0.25, 0.3) is 0 Å². The Kier molecular flexibility index (Phi) is 5.04. The maximum absolute atomic E-state index is 12.4. The van der Waals surface area contributed by atoms with Crippen LogP contribution in [0.3, 0.4) is 0 Å².